The normalized spacial score (nSPS) is 11.1. The number of hydrogen-bond donors (Lipinski definition) is 0. The average molecular weight is 517 g/mol. The Morgan fingerprint density at radius 3 is 2.42 bits per heavy atom. The van der Waals surface area contributed by atoms with Crippen molar-refractivity contribution in [3.05, 3.63) is 106 Å². The summed E-state index contributed by atoms with van der Waals surface area (Å²) >= 11 is 5.19. The maximum Gasteiger partial charge on any atom is 0.209 e. The van der Waals surface area contributed by atoms with Gasteiger partial charge in [-0.2, -0.15) is 9.90 Å². The molecule has 0 N–H and O–H groups in total. The van der Waals surface area contributed by atoms with E-state index in [1.54, 1.807) is 16.6 Å². The number of para-hydroxylation sites is 1. The average Bonchev–Trinajstić information content (AvgIpc) is 3.47. The lowest BCUT2D eigenvalue weighted by molar-refractivity contribution is 0.573. The van der Waals surface area contributed by atoms with Crippen LogP contribution in [0.3, 0.4) is 0 Å². The van der Waals surface area contributed by atoms with Crippen molar-refractivity contribution < 1.29 is 0 Å². The molecular formula is C25H21BrN6S. The third-order valence-corrected chi connectivity index (χ3v) is 6.89. The van der Waals surface area contributed by atoms with Crippen LogP contribution >= 0.6 is 27.7 Å². The van der Waals surface area contributed by atoms with Crippen molar-refractivity contribution in [3.8, 4) is 17.1 Å². The molecule has 5 aromatic rings. The summed E-state index contributed by atoms with van der Waals surface area (Å²) in [5, 5.41) is 19.0. The zero-order valence-electron chi connectivity index (χ0n) is 18.0. The van der Waals surface area contributed by atoms with E-state index in [4.69, 9.17) is 5.10 Å². The molecule has 2 aromatic heterocycles. The van der Waals surface area contributed by atoms with E-state index in [1.807, 2.05) is 53.3 Å². The lowest BCUT2D eigenvalue weighted by atomic mass is 10.2. The van der Waals surface area contributed by atoms with Crippen molar-refractivity contribution in [3.63, 3.8) is 0 Å². The summed E-state index contributed by atoms with van der Waals surface area (Å²) in [6, 6.07) is 26.8. The Kier molecular flexibility index (Phi) is 6.37. The summed E-state index contributed by atoms with van der Waals surface area (Å²) in [7, 11) is 0. The molecule has 0 aliphatic rings. The molecule has 0 fully saturated rings. The molecule has 0 bridgehead atoms. The van der Waals surface area contributed by atoms with E-state index in [-0.39, 0.29) is 0 Å². The lowest BCUT2D eigenvalue weighted by Gasteiger charge is -2.11. The van der Waals surface area contributed by atoms with Gasteiger partial charge in [0, 0.05) is 10.2 Å². The van der Waals surface area contributed by atoms with E-state index in [0.29, 0.717) is 12.4 Å². The molecule has 0 atom stereocenters. The molecule has 8 heteroatoms. The van der Waals surface area contributed by atoms with Gasteiger partial charge in [-0.1, -0.05) is 76.6 Å². The first-order valence-corrected chi connectivity index (χ1v) is 12.3. The molecule has 0 unspecified atom stereocenters. The van der Waals surface area contributed by atoms with Crippen LogP contribution < -0.4 is 0 Å². The van der Waals surface area contributed by atoms with Crippen molar-refractivity contribution in [2.75, 3.05) is 0 Å². The summed E-state index contributed by atoms with van der Waals surface area (Å²) < 4.78 is 3.02. The van der Waals surface area contributed by atoms with Crippen molar-refractivity contribution in [1.82, 2.24) is 30.0 Å². The summed E-state index contributed by atoms with van der Waals surface area (Å²) in [6.45, 7) is 2.65. The molecule has 33 heavy (non-hydrogen) atoms. The number of hydrogen-bond acceptors (Lipinski definition) is 5. The minimum absolute atomic E-state index is 0.554. The fraction of sp³-hybridized carbons (Fsp3) is 0.120. The zero-order chi connectivity index (χ0) is 22.6. The smallest absolute Gasteiger partial charge is 0.209 e. The molecule has 0 saturated heterocycles. The van der Waals surface area contributed by atoms with Crippen LogP contribution in [0, 0.1) is 6.92 Å². The third-order valence-electron chi connectivity index (χ3n) is 5.22. The van der Waals surface area contributed by atoms with Gasteiger partial charge in [0.05, 0.1) is 24.0 Å². The van der Waals surface area contributed by atoms with Crippen molar-refractivity contribution >= 4 is 27.7 Å². The monoisotopic (exact) mass is 516 g/mol. The molecule has 6 nitrogen and oxygen atoms in total. The lowest BCUT2D eigenvalue weighted by Crippen LogP contribution is -2.04. The highest BCUT2D eigenvalue weighted by Crippen LogP contribution is 2.34. The van der Waals surface area contributed by atoms with E-state index >= 15 is 0 Å². The van der Waals surface area contributed by atoms with Crippen LogP contribution in [0.2, 0.25) is 0 Å². The number of tetrazole rings is 1. The van der Waals surface area contributed by atoms with Crippen LogP contribution in [0.4, 0.5) is 0 Å². The SMILES string of the molecule is Cc1ccccc1-n1ncc(-c2nnn(Cc3ccc(Br)cc3)n2)c1SCc1ccccc1. The first-order valence-electron chi connectivity index (χ1n) is 10.5. The Balaban J connectivity index is 1.48. The molecule has 0 aliphatic carbocycles. The molecule has 0 spiro atoms. The first-order chi connectivity index (χ1) is 16.2. The summed E-state index contributed by atoms with van der Waals surface area (Å²) in [6.07, 6.45) is 1.83. The van der Waals surface area contributed by atoms with Gasteiger partial charge >= 0.3 is 0 Å². The number of benzene rings is 3. The second-order valence-corrected chi connectivity index (χ2v) is 9.49. The van der Waals surface area contributed by atoms with Gasteiger partial charge < -0.3 is 0 Å². The van der Waals surface area contributed by atoms with Crippen molar-refractivity contribution in [1.29, 1.82) is 0 Å². The molecule has 164 valence electrons. The fourth-order valence-electron chi connectivity index (χ4n) is 3.50. The number of thioether (sulfide) groups is 1. The van der Waals surface area contributed by atoms with E-state index in [2.05, 4.69) is 74.7 Å². The number of rotatable bonds is 7. The topological polar surface area (TPSA) is 61.4 Å². The van der Waals surface area contributed by atoms with Gasteiger partial charge in [-0.25, -0.2) is 4.68 Å². The third kappa shape index (κ3) is 4.91. The highest BCUT2D eigenvalue weighted by Gasteiger charge is 2.19. The number of aromatic nitrogens is 6. The fourth-order valence-corrected chi connectivity index (χ4v) is 4.83. The second-order valence-electron chi connectivity index (χ2n) is 7.61. The Hall–Kier alpha value is -3.23. The van der Waals surface area contributed by atoms with Crippen LogP contribution in [0.15, 0.2) is 94.6 Å². The van der Waals surface area contributed by atoms with E-state index < -0.39 is 0 Å². The molecule has 0 saturated carbocycles. The Morgan fingerprint density at radius 1 is 0.879 bits per heavy atom. The summed E-state index contributed by atoms with van der Waals surface area (Å²) in [4.78, 5) is 1.62. The van der Waals surface area contributed by atoms with Gasteiger partial charge in [0.2, 0.25) is 5.82 Å². The minimum Gasteiger partial charge on any atom is -0.226 e. The second kappa shape index (κ2) is 9.72. The van der Waals surface area contributed by atoms with Crippen LogP contribution in [0.1, 0.15) is 16.7 Å². The predicted molar refractivity (Wildman–Crippen MR) is 134 cm³/mol. The summed E-state index contributed by atoms with van der Waals surface area (Å²) in [5.41, 5.74) is 5.43. The first kappa shape index (κ1) is 21.6. The van der Waals surface area contributed by atoms with Gasteiger partial charge in [-0.05, 0) is 47.0 Å². The molecule has 0 radical (unpaired) electrons. The van der Waals surface area contributed by atoms with Gasteiger partial charge in [0.15, 0.2) is 0 Å². The van der Waals surface area contributed by atoms with E-state index in [1.165, 1.54) is 5.56 Å². The number of halogens is 1. The molecule has 0 aliphatic heterocycles. The molecular weight excluding hydrogens is 496 g/mol. The van der Waals surface area contributed by atoms with E-state index in [9.17, 15) is 0 Å². The highest BCUT2D eigenvalue weighted by molar-refractivity contribution is 9.10. The van der Waals surface area contributed by atoms with Crippen LogP contribution in [0.25, 0.3) is 17.1 Å². The zero-order valence-corrected chi connectivity index (χ0v) is 20.4. The van der Waals surface area contributed by atoms with Crippen LogP contribution in [-0.4, -0.2) is 30.0 Å². The predicted octanol–water partition coefficient (Wildman–Crippen LogP) is 5.94. The van der Waals surface area contributed by atoms with Crippen LogP contribution in [0.5, 0.6) is 0 Å². The van der Waals surface area contributed by atoms with Gasteiger partial charge in [0.1, 0.15) is 5.03 Å². The Bertz CT molecular complexity index is 1360. The van der Waals surface area contributed by atoms with Gasteiger partial charge in [-0.15, -0.1) is 22.0 Å². The largest absolute Gasteiger partial charge is 0.226 e. The molecule has 0 amide bonds. The maximum atomic E-state index is 4.71. The van der Waals surface area contributed by atoms with Gasteiger partial charge in [0.25, 0.3) is 0 Å². The summed E-state index contributed by atoms with van der Waals surface area (Å²) in [5.74, 6) is 1.39. The van der Waals surface area contributed by atoms with E-state index in [0.717, 1.165) is 37.6 Å². The Labute approximate surface area is 204 Å². The van der Waals surface area contributed by atoms with Crippen LogP contribution in [-0.2, 0) is 12.3 Å². The molecule has 3 aromatic carbocycles. The highest BCUT2D eigenvalue weighted by atomic mass is 79.9. The maximum absolute atomic E-state index is 4.71. The van der Waals surface area contributed by atoms with Crippen molar-refractivity contribution in [2.24, 2.45) is 0 Å². The number of nitrogens with zero attached hydrogens (tertiary/aromatic N) is 6. The number of aryl methyl sites for hydroxylation is 1. The quantitative estimate of drug-likeness (QED) is 0.250. The van der Waals surface area contributed by atoms with Crippen molar-refractivity contribution in [2.45, 2.75) is 24.2 Å². The minimum atomic E-state index is 0.554. The van der Waals surface area contributed by atoms with Gasteiger partial charge in [-0.3, -0.25) is 0 Å². The standard InChI is InChI=1S/C25H21BrN6S/c1-18-7-5-6-10-23(18)32-25(33-17-20-8-3-2-4-9-20)22(15-27-32)24-28-30-31(29-24)16-19-11-13-21(26)14-12-19/h2-15H,16-17H2,1H3. The molecule has 5 rings (SSSR count). The molecule has 2 heterocycles. The Morgan fingerprint density at radius 2 is 1.64 bits per heavy atom.